The number of anilines is 1. The monoisotopic (exact) mass is 250 g/mol. The smallest absolute Gasteiger partial charge is 0.146 e. The number of hydrogen-bond donors (Lipinski definition) is 1. The summed E-state index contributed by atoms with van der Waals surface area (Å²) in [6.45, 7) is 3.81. The van der Waals surface area contributed by atoms with Crippen molar-refractivity contribution in [3.05, 3.63) is 30.1 Å². The Balaban J connectivity index is 1.95. The Kier molecular flexibility index (Phi) is 4.59. The Morgan fingerprint density at radius 2 is 2.11 bits per heavy atom. The zero-order chi connectivity index (χ0) is 13.0. The molecule has 2 unspecified atom stereocenters. The van der Waals surface area contributed by atoms with Crippen molar-refractivity contribution in [1.82, 2.24) is 0 Å². The molecular formula is C15H23FN2. The Bertz CT molecular complexity index is 381. The third-order valence-electron chi connectivity index (χ3n) is 4.06. The van der Waals surface area contributed by atoms with Crippen molar-refractivity contribution in [2.24, 2.45) is 11.7 Å². The van der Waals surface area contributed by atoms with Crippen LogP contribution in [0, 0.1) is 11.7 Å². The molecule has 100 valence electrons. The van der Waals surface area contributed by atoms with Crippen LogP contribution in [0.4, 0.5) is 10.1 Å². The van der Waals surface area contributed by atoms with Gasteiger partial charge in [0, 0.05) is 19.1 Å². The molecule has 0 radical (unpaired) electrons. The zero-order valence-electron chi connectivity index (χ0n) is 11.1. The fourth-order valence-electron chi connectivity index (χ4n) is 2.90. The summed E-state index contributed by atoms with van der Waals surface area (Å²) in [4.78, 5) is 2.11. The summed E-state index contributed by atoms with van der Waals surface area (Å²) >= 11 is 0. The fourth-order valence-corrected chi connectivity index (χ4v) is 2.90. The first kappa shape index (κ1) is 13.3. The number of halogens is 1. The normalized spacial score (nSPS) is 23.3. The third-order valence-corrected chi connectivity index (χ3v) is 4.06. The second-order valence-corrected chi connectivity index (χ2v) is 5.17. The maximum atomic E-state index is 13.7. The highest BCUT2D eigenvalue weighted by Crippen LogP contribution is 2.28. The molecule has 0 aromatic heterocycles. The van der Waals surface area contributed by atoms with Crippen molar-refractivity contribution in [1.29, 1.82) is 0 Å². The molecule has 2 N–H and O–H groups in total. The first-order chi connectivity index (χ1) is 8.72. The number of para-hydroxylation sites is 1. The van der Waals surface area contributed by atoms with Gasteiger partial charge in [0.25, 0.3) is 0 Å². The highest BCUT2D eigenvalue weighted by atomic mass is 19.1. The van der Waals surface area contributed by atoms with Gasteiger partial charge in [-0.1, -0.05) is 18.6 Å². The van der Waals surface area contributed by atoms with Crippen LogP contribution in [0.3, 0.4) is 0 Å². The summed E-state index contributed by atoms with van der Waals surface area (Å²) in [5.41, 5.74) is 6.80. The van der Waals surface area contributed by atoms with Crippen molar-refractivity contribution < 1.29 is 4.39 Å². The van der Waals surface area contributed by atoms with E-state index < -0.39 is 0 Å². The minimum Gasteiger partial charge on any atom is -0.369 e. The Labute approximate surface area is 109 Å². The summed E-state index contributed by atoms with van der Waals surface area (Å²) in [5.74, 6) is 0.487. The molecule has 1 aromatic rings. The van der Waals surface area contributed by atoms with Gasteiger partial charge < -0.3 is 10.6 Å². The summed E-state index contributed by atoms with van der Waals surface area (Å²) in [6, 6.07) is 7.36. The molecule has 0 spiro atoms. The summed E-state index contributed by atoms with van der Waals surface area (Å²) in [6.07, 6.45) is 4.70. The predicted molar refractivity (Wildman–Crippen MR) is 74.2 cm³/mol. The van der Waals surface area contributed by atoms with E-state index in [4.69, 9.17) is 5.73 Å². The number of nitrogens with two attached hydrogens (primary N) is 1. The van der Waals surface area contributed by atoms with E-state index in [1.54, 1.807) is 6.07 Å². The van der Waals surface area contributed by atoms with Crippen molar-refractivity contribution in [2.45, 2.75) is 38.6 Å². The van der Waals surface area contributed by atoms with Crippen molar-refractivity contribution in [3.8, 4) is 0 Å². The van der Waals surface area contributed by atoms with Gasteiger partial charge >= 0.3 is 0 Å². The van der Waals surface area contributed by atoms with Crippen LogP contribution in [0.15, 0.2) is 24.3 Å². The van der Waals surface area contributed by atoms with Gasteiger partial charge in [-0.25, -0.2) is 4.39 Å². The van der Waals surface area contributed by atoms with Gasteiger partial charge in [-0.15, -0.1) is 0 Å². The maximum absolute atomic E-state index is 13.7. The molecule has 2 nitrogen and oxygen atoms in total. The second kappa shape index (κ2) is 6.19. The topological polar surface area (TPSA) is 29.3 Å². The van der Waals surface area contributed by atoms with Crippen molar-refractivity contribution >= 4 is 5.69 Å². The molecule has 0 aliphatic heterocycles. The highest BCUT2D eigenvalue weighted by Gasteiger charge is 2.24. The molecule has 2 rings (SSSR count). The van der Waals surface area contributed by atoms with Crippen molar-refractivity contribution in [2.75, 3.05) is 18.0 Å². The van der Waals surface area contributed by atoms with Crippen molar-refractivity contribution in [3.63, 3.8) is 0 Å². The SMILES string of the molecule is CCN(CCC1CCCC1N)c1ccccc1F. The van der Waals surface area contributed by atoms with Crippen LogP contribution < -0.4 is 10.6 Å². The maximum Gasteiger partial charge on any atom is 0.146 e. The zero-order valence-corrected chi connectivity index (χ0v) is 11.1. The van der Waals surface area contributed by atoms with Crippen LogP contribution in [0.2, 0.25) is 0 Å². The van der Waals surface area contributed by atoms with Gasteiger partial charge in [-0.2, -0.15) is 0 Å². The first-order valence-electron chi connectivity index (χ1n) is 6.97. The van der Waals surface area contributed by atoms with E-state index >= 15 is 0 Å². The lowest BCUT2D eigenvalue weighted by Crippen LogP contribution is -2.31. The standard InChI is InChI=1S/C15H23FN2/c1-2-18(15-9-4-3-7-13(15)16)11-10-12-6-5-8-14(12)17/h3-4,7,9,12,14H,2,5-6,8,10-11,17H2,1H3. The highest BCUT2D eigenvalue weighted by molar-refractivity contribution is 5.47. The van der Waals surface area contributed by atoms with Gasteiger partial charge in [0.05, 0.1) is 5.69 Å². The molecule has 0 bridgehead atoms. The molecule has 1 aliphatic carbocycles. The lowest BCUT2D eigenvalue weighted by molar-refractivity contribution is 0.445. The van der Waals surface area contributed by atoms with Crippen LogP contribution in [0.25, 0.3) is 0 Å². The van der Waals surface area contributed by atoms with Crippen LogP contribution >= 0.6 is 0 Å². The summed E-state index contributed by atoms with van der Waals surface area (Å²) in [5, 5.41) is 0. The average Bonchev–Trinajstić information content (AvgIpc) is 2.78. The van der Waals surface area contributed by atoms with Gasteiger partial charge in [0.2, 0.25) is 0 Å². The van der Waals surface area contributed by atoms with E-state index in [0.717, 1.165) is 25.9 Å². The van der Waals surface area contributed by atoms with Gasteiger partial charge in [0.1, 0.15) is 5.82 Å². The third kappa shape index (κ3) is 3.02. The Morgan fingerprint density at radius 3 is 2.72 bits per heavy atom. The van der Waals surface area contributed by atoms with Gasteiger partial charge in [0.15, 0.2) is 0 Å². The van der Waals surface area contributed by atoms with Crippen LogP contribution in [0.5, 0.6) is 0 Å². The minimum atomic E-state index is -0.130. The molecule has 1 fully saturated rings. The van der Waals surface area contributed by atoms with Gasteiger partial charge in [-0.05, 0) is 44.2 Å². The van der Waals surface area contributed by atoms with E-state index in [9.17, 15) is 4.39 Å². The quantitative estimate of drug-likeness (QED) is 0.869. The fraction of sp³-hybridized carbons (Fsp3) is 0.600. The number of hydrogen-bond acceptors (Lipinski definition) is 2. The van der Waals surface area contributed by atoms with E-state index in [-0.39, 0.29) is 5.82 Å². The predicted octanol–water partition coefficient (Wildman–Crippen LogP) is 3.17. The molecule has 1 aliphatic rings. The molecule has 18 heavy (non-hydrogen) atoms. The lowest BCUT2D eigenvalue weighted by atomic mass is 10.00. The summed E-state index contributed by atoms with van der Waals surface area (Å²) < 4.78 is 13.7. The molecule has 1 saturated carbocycles. The molecule has 0 amide bonds. The lowest BCUT2D eigenvalue weighted by Gasteiger charge is -2.26. The number of rotatable bonds is 5. The van der Waals surface area contributed by atoms with Crippen LogP contribution in [-0.4, -0.2) is 19.1 Å². The minimum absolute atomic E-state index is 0.130. The second-order valence-electron chi connectivity index (χ2n) is 5.17. The molecule has 1 aromatic carbocycles. The van der Waals surface area contributed by atoms with Crippen LogP contribution in [-0.2, 0) is 0 Å². The molecule has 3 heteroatoms. The molecule has 0 heterocycles. The first-order valence-corrected chi connectivity index (χ1v) is 6.97. The molecule has 2 atom stereocenters. The largest absolute Gasteiger partial charge is 0.369 e. The molecular weight excluding hydrogens is 227 g/mol. The van der Waals surface area contributed by atoms with E-state index in [2.05, 4.69) is 11.8 Å². The summed E-state index contributed by atoms with van der Waals surface area (Å²) in [7, 11) is 0. The van der Waals surface area contributed by atoms with Gasteiger partial charge in [-0.3, -0.25) is 0 Å². The Morgan fingerprint density at radius 1 is 1.33 bits per heavy atom. The molecule has 0 saturated heterocycles. The van der Waals surface area contributed by atoms with E-state index in [1.807, 2.05) is 12.1 Å². The number of nitrogens with zero attached hydrogens (tertiary/aromatic N) is 1. The van der Waals surface area contributed by atoms with Crippen LogP contribution in [0.1, 0.15) is 32.6 Å². The number of benzene rings is 1. The Hall–Kier alpha value is -1.09. The van der Waals surface area contributed by atoms with E-state index in [1.165, 1.54) is 18.9 Å². The average molecular weight is 250 g/mol. The van der Waals surface area contributed by atoms with E-state index in [0.29, 0.717) is 17.6 Å².